The molecule has 2 aromatic carbocycles. The number of aryl methyl sites for hydroxylation is 1. The van der Waals surface area contributed by atoms with E-state index in [2.05, 4.69) is 80.9 Å². The van der Waals surface area contributed by atoms with Crippen molar-refractivity contribution >= 4 is 14.3 Å². The van der Waals surface area contributed by atoms with E-state index in [0.717, 1.165) is 41.9 Å². The van der Waals surface area contributed by atoms with Crippen LogP contribution in [0.15, 0.2) is 60.9 Å². The van der Waals surface area contributed by atoms with Crippen LogP contribution >= 0.6 is 0 Å². The summed E-state index contributed by atoms with van der Waals surface area (Å²) >= 11 is 0. The third-order valence-electron chi connectivity index (χ3n) is 8.35. The molecule has 0 aliphatic heterocycles. The van der Waals surface area contributed by atoms with Gasteiger partial charge in [0.25, 0.3) is 0 Å². The van der Waals surface area contributed by atoms with E-state index in [9.17, 15) is 4.79 Å². The smallest absolute Gasteiger partial charge is 0.339 e. The van der Waals surface area contributed by atoms with Gasteiger partial charge >= 0.3 is 5.97 Å². The lowest BCUT2D eigenvalue weighted by molar-refractivity contribution is 0.0526. The second-order valence-corrected chi connectivity index (χ2v) is 17.1. The van der Waals surface area contributed by atoms with Gasteiger partial charge in [-0.05, 0) is 80.6 Å². The van der Waals surface area contributed by atoms with Gasteiger partial charge < -0.3 is 23.2 Å². The number of carbonyl (C=O) groups is 1. The van der Waals surface area contributed by atoms with Crippen molar-refractivity contribution in [3.05, 3.63) is 83.2 Å². The van der Waals surface area contributed by atoms with Gasteiger partial charge in [0, 0.05) is 30.4 Å². The van der Waals surface area contributed by atoms with Crippen LogP contribution in [0.3, 0.4) is 0 Å². The molecule has 0 fully saturated rings. The molecule has 224 valence electrons. The van der Waals surface area contributed by atoms with E-state index in [1.807, 2.05) is 32.3 Å². The van der Waals surface area contributed by atoms with Crippen LogP contribution in [0.25, 0.3) is 0 Å². The van der Waals surface area contributed by atoms with E-state index in [-0.39, 0.29) is 23.0 Å². The van der Waals surface area contributed by atoms with Gasteiger partial charge in [0.1, 0.15) is 11.5 Å². The topological polar surface area (TPSA) is 58.9 Å². The minimum atomic E-state index is -2.19. The third kappa shape index (κ3) is 8.49. The number of esters is 1. The largest absolute Gasteiger partial charge is 0.496 e. The van der Waals surface area contributed by atoms with Gasteiger partial charge in [-0.2, -0.15) is 0 Å². The number of ether oxygens (including phenoxy) is 3. The predicted molar refractivity (Wildman–Crippen MR) is 169 cm³/mol. The quantitative estimate of drug-likeness (QED) is 0.142. The molecule has 1 aromatic heterocycles. The van der Waals surface area contributed by atoms with Gasteiger partial charge in [-0.3, -0.25) is 0 Å². The maximum absolute atomic E-state index is 12.4. The van der Waals surface area contributed by atoms with E-state index in [1.165, 1.54) is 5.56 Å². The molecule has 0 N–H and O–H groups in total. The van der Waals surface area contributed by atoms with Crippen molar-refractivity contribution in [1.82, 2.24) is 4.57 Å². The van der Waals surface area contributed by atoms with Crippen LogP contribution in [0, 0.1) is 12.8 Å². The molecule has 41 heavy (non-hydrogen) atoms. The van der Waals surface area contributed by atoms with Gasteiger partial charge in [0.15, 0.2) is 8.32 Å². The Balaban J connectivity index is 2.06. The molecule has 7 heteroatoms. The first-order valence-electron chi connectivity index (χ1n) is 14.7. The molecule has 6 nitrogen and oxygen atoms in total. The minimum absolute atomic E-state index is 0.0310. The molecule has 0 unspecified atom stereocenters. The number of rotatable bonds is 14. The zero-order valence-corrected chi connectivity index (χ0v) is 27.5. The maximum Gasteiger partial charge on any atom is 0.339 e. The average molecular weight is 580 g/mol. The number of benzene rings is 2. The van der Waals surface area contributed by atoms with Crippen LogP contribution in [0.1, 0.15) is 73.7 Å². The zero-order valence-electron chi connectivity index (χ0n) is 26.5. The van der Waals surface area contributed by atoms with Crippen LogP contribution in [-0.4, -0.2) is 39.7 Å². The summed E-state index contributed by atoms with van der Waals surface area (Å²) in [4.78, 5) is 12.4. The van der Waals surface area contributed by atoms with E-state index >= 15 is 0 Å². The first-order valence-corrected chi connectivity index (χ1v) is 17.6. The van der Waals surface area contributed by atoms with Crippen LogP contribution in [0.2, 0.25) is 18.1 Å². The van der Waals surface area contributed by atoms with Crippen LogP contribution in [-0.2, 0) is 22.1 Å². The molecule has 0 aliphatic carbocycles. The number of hydrogen-bond donors (Lipinski definition) is 0. The van der Waals surface area contributed by atoms with Crippen molar-refractivity contribution in [3.8, 4) is 11.5 Å². The van der Waals surface area contributed by atoms with E-state index in [4.69, 9.17) is 18.6 Å². The standard InChI is InChI=1S/C34H49NO5Si/c1-10-39-33(36)28-19-20-35(24-28)23-27(18-14-17-26-15-12-11-13-16-26)32(40-41(8,9)34(3,4)5)29-21-30(37-6)25(2)31(22-29)38-7/h11-13,15-16,19-22,24,27,32H,10,14,17-18,23H2,1-9H3/t27-,32-/m0/s1. The number of carbonyl (C=O) groups excluding carboxylic acids is 1. The van der Waals surface area contributed by atoms with Gasteiger partial charge in [0.05, 0.1) is 32.5 Å². The molecule has 0 amide bonds. The second kappa shape index (κ2) is 14.2. The first-order chi connectivity index (χ1) is 19.4. The molecule has 0 bridgehead atoms. The highest BCUT2D eigenvalue weighted by molar-refractivity contribution is 6.74. The lowest BCUT2D eigenvalue weighted by Gasteiger charge is -2.42. The lowest BCUT2D eigenvalue weighted by Crippen LogP contribution is -2.43. The molecule has 3 aromatic rings. The molecule has 0 saturated heterocycles. The lowest BCUT2D eigenvalue weighted by atomic mass is 9.89. The molecular weight excluding hydrogens is 530 g/mol. The van der Waals surface area contributed by atoms with Gasteiger partial charge in [-0.25, -0.2) is 4.79 Å². The normalized spacial score (nSPS) is 13.5. The Bertz CT molecular complexity index is 1240. The van der Waals surface area contributed by atoms with Crippen LogP contribution in [0.5, 0.6) is 11.5 Å². The van der Waals surface area contributed by atoms with E-state index in [0.29, 0.717) is 18.7 Å². The summed E-state index contributed by atoms with van der Waals surface area (Å²) in [6, 6.07) is 16.7. The minimum Gasteiger partial charge on any atom is -0.496 e. The van der Waals surface area contributed by atoms with E-state index in [1.54, 1.807) is 14.2 Å². The van der Waals surface area contributed by atoms with Crippen molar-refractivity contribution in [1.29, 1.82) is 0 Å². The highest BCUT2D eigenvalue weighted by Crippen LogP contribution is 2.45. The van der Waals surface area contributed by atoms with Crippen molar-refractivity contribution in [3.63, 3.8) is 0 Å². The molecular formula is C34H49NO5Si. The number of nitrogens with zero attached hydrogens (tertiary/aromatic N) is 1. The SMILES string of the molecule is CCOC(=O)c1ccn(C[C@H](CCCc2ccccc2)[C@H](O[Si](C)(C)C(C)(C)C)c2cc(OC)c(C)c(OC)c2)c1. The first kappa shape index (κ1) is 32.5. The Hall–Kier alpha value is -3.03. The highest BCUT2D eigenvalue weighted by Gasteiger charge is 2.41. The van der Waals surface area contributed by atoms with Crippen molar-refractivity contribution in [2.75, 3.05) is 20.8 Å². The second-order valence-electron chi connectivity index (χ2n) is 12.3. The summed E-state index contributed by atoms with van der Waals surface area (Å²) < 4.78 is 26.2. The molecule has 3 rings (SSSR count). The summed E-state index contributed by atoms with van der Waals surface area (Å²) in [5.41, 5.74) is 3.92. The number of hydrogen-bond acceptors (Lipinski definition) is 5. The highest BCUT2D eigenvalue weighted by atomic mass is 28.4. The third-order valence-corrected chi connectivity index (χ3v) is 12.8. The molecule has 0 saturated carbocycles. The molecule has 0 spiro atoms. The molecule has 0 radical (unpaired) electrons. The fraction of sp³-hybridized carbons (Fsp3) is 0.500. The molecule has 1 heterocycles. The zero-order chi connectivity index (χ0) is 30.2. The van der Waals surface area contributed by atoms with Crippen molar-refractivity contribution < 1.29 is 23.4 Å². The summed E-state index contributed by atoms with van der Waals surface area (Å²) in [6.07, 6.45) is 6.61. The Morgan fingerprint density at radius 2 is 1.63 bits per heavy atom. The summed E-state index contributed by atoms with van der Waals surface area (Å²) in [5.74, 6) is 1.41. The van der Waals surface area contributed by atoms with Crippen molar-refractivity contribution in [2.24, 2.45) is 5.92 Å². The molecule has 0 aliphatic rings. The Morgan fingerprint density at radius 3 is 2.20 bits per heavy atom. The average Bonchev–Trinajstić information content (AvgIpc) is 3.40. The Morgan fingerprint density at radius 1 is 1.00 bits per heavy atom. The fourth-order valence-electron chi connectivity index (χ4n) is 4.91. The summed E-state index contributed by atoms with van der Waals surface area (Å²) in [7, 11) is 1.20. The van der Waals surface area contributed by atoms with Crippen LogP contribution < -0.4 is 9.47 Å². The van der Waals surface area contributed by atoms with E-state index < -0.39 is 8.32 Å². The van der Waals surface area contributed by atoms with Gasteiger partial charge in [0.2, 0.25) is 0 Å². The van der Waals surface area contributed by atoms with Crippen molar-refractivity contribution in [2.45, 2.75) is 84.7 Å². The fourth-order valence-corrected chi connectivity index (χ4v) is 6.23. The monoisotopic (exact) mass is 579 g/mol. The summed E-state index contributed by atoms with van der Waals surface area (Å²) in [6.45, 7) is 16.3. The van der Waals surface area contributed by atoms with Gasteiger partial charge in [-0.15, -0.1) is 0 Å². The molecule has 2 atom stereocenters. The Labute approximate surface area is 248 Å². The number of aromatic nitrogens is 1. The maximum atomic E-state index is 12.4. The van der Waals surface area contributed by atoms with Gasteiger partial charge in [-0.1, -0.05) is 51.1 Å². The van der Waals surface area contributed by atoms with Crippen LogP contribution in [0.4, 0.5) is 0 Å². The Kier molecular flexibility index (Phi) is 11.3. The summed E-state index contributed by atoms with van der Waals surface area (Å²) in [5, 5.41) is 0.0310. The number of methoxy groups -OCH3 is 2. The predicted octanol–water partition coefficient (Wildman–Crippen LogP) is 8.39.